The summed E-state index contributed by atoms with van der Waals surface area (Å²) in [7, 11) is 0. The number of amides is 1. The molecule has 1 rings (SSSR count). The third-order valence-electron chi connectivity index (χ3n) is 2.06. The topological polar surface area (TPSA) is 64.3 Å². The number of nitrogens with two attached hydrogens (primary N) is 1. The Morgan fingerprint density at radius 3 is 2.68 bits per heavy atom. The Morgan fingerprint density at radius 1 is 1.42 bits per heavy atom. The van der Waals surface area contributed by atoms with Crippen molar-refractivity contribution in [1.29, 1.82) is 0 Å². The van der Waals surface area contributed by atoms with Crippen molar-refractivity contribution in [3.63, 3.8) is 0 Å². The van der Waals surface area contributed by atoms with Crippen LogP contribution >= 0.6 is 0 Å². The number of rotatable bonds is 6. The van der Waals surface area contributed by atoms with Crippen molar-refractivity contribution in [2.75, 3.05) is 18.5 Å². The fourth-order valence-corrected chi connectivity index (χ4v) is 1.15. The van der Waals surface area contributed by atoms with Crippen molar-refractivity contribution in [2.24, 2.45) is 5.73 Å². The van der Waals surface area contributed by atoms with Crippen LogP contribution in [0.2, 0.25) is 0 Å². The van der Waals surface area contributed by atoms with Gasteiger partial charge in [0.25, 0.3) is 0 Å². The molecule has 0 aliphatic rings. The zero-order chi connectivity index (χ0) is 14.5. The number of hydrogen-bond acceptors (Lipinski definition) is 3. The molecule has 0 saturated heterocycles. The second kappa shape index (κ2) is 6.37. The number of carbonyl (C=O) groups is 1. The van der Waals surface area contributed by atoms with Crippen LogP contribution in [0.15, 0.2) is 24.3 Å². The van der Waals surface area contributed by atoms with Crippen molar-refractivity contribution in [3.8, 4) is 5.75 Å². The minimum Gasteiger partial charge on any atom is -0.492 e. The molecule has 0 aliphatic heterocycles. The molecule has 0 aliphatic carbocycles. The van der Waals surface area contributed by atoms with Gasteiger partial charge >= 0.3 is 18.3 Å². The fourth-order valence-electron chi connectivity index (χ4n) is 1.15. The van der Waals surface area contributed by atoms with Crippen molar-refractivity contribution in [2.45, 2.75) is 12.3 Å². The summed E-state index contributed by atoms with van der Waals surface area (Å²) in [6, 6.07) is 5.43. The van der Waals surface area contributed by atoms with Gasteiger partial charge in [-0.3, -0.25) is 4.79 Å². The quantitative estimate of drug-likeness (QED) is 0.782. The number of alkyl halides is 4. The summed E-state index contributed by atoms with van der Waals surface area (Å²) in [6.07, 6.45) is -4.07. The third kappa shape index (κ3) is 4.09. The van der Waals surface area contributed by atoms with Gasteiger partial charge in [0.1, 0.15) is 12.4 Å². The van der Waals surface area contributed by atoms with Crippen LogP contribution in [0.1, 0.15) is 0 Å². The number of halogens is 4. The molecule has 3 N–H and O–H groups in total. The lowest BCUT2D eigenvalue weighted by Crippen LogP contribution is -2.40. The molecular formula is C11H12F4N2O2. The highest BCUT2D eigenvalue weighted by atomic mass is 19.3. The van der Waals surface area contributed by atoms with E-state index in [4.69, 9.17) is 10.5 Å². The second-order valence-corrected chi connectivity index (χ2v) is 3.54. The zero-order valence-electron chi connectivity index (χ0n) is 9.71. The Kier molecular flexibility index (Phi) is 5.11. The van der Waals surface area contributed by atoms with Gasteiger partial charge in [-0.2, -0.15) is 8.78 Å². The number of anilines is 1. The van der Waals surface area contributed by atoms with E-state index in [-0.39, 0.29) is 24.6 Å². The molecule has 0 bridgehead atoms. The van der Waals surface area contributed by atoms with Gasteiger partial charge in [-0.15, -0.1) is 0 Å². The Labute approximate surface area is 106 Å². The fraction of sp³-hybridized carbons (Fsp3) is 0.364. The zero-order valence-corrected chi connectivity index (χ0v) is 9.71. The molecule has 1 aromatic carbocycles. The lowest BCUT2D eigenvalue weighted by molar-refractivity contribution is -0.163. The van der Waals surface area contributed by atoms with Crippen LogP contribution in [0.3, 0.4) is 0 Å². The lowest BCUT2D eigenvalue weighted by atomic mass is 10.2. The maximum absolute atomic E-state index is 12.7. The molecule has 4 nitrogen and oxygen atoms in total. The molecule has 0 spiro atoms. The first kappa shape index (κ1) is 15.2. The maximum Gasteiger partial charge on any atom is 0.383 e. The highest BCUT2D eigenvalue weighted by Crippen LogP contribution is 2.25. The molecule has 8 heteroatoms. The maximum atomic E-state index is 12.7. The minimum absolute atomic E-state index is 0.0696. The monoisotopic (exact) mass is 280 g/mol. The molecular weight excluding hydrogens is 268 g/mol. The predicted octanol–water partition coefficient (Wildman–Crippen LogP) is 1.86. The largest absolute Gasteiger partial charge is 0.492 e. The Morgan fingerprint density at radius 2 is 2.11 bits per heavy atom. The van der Waals surface area contributed by atoms with Crippen molar-refractivity contribution >= 4 is 11.6 Å². The van der Waals surface area contributed by atoms with Crippen molar-refractivity contribution < 1.29 is 27.1 Å². The van der Waals surface area contributed by atoms with Crippen LogP contribution < -0.4 is 15.8 Å². The molecule has 106 valence electrons. The van der Waals surface area contributed by atoms with Gasteiger partial charge in [0.15, 0.2) is 0 Å². The van der Waals surface area contributed by atoms with Crippen LogP contribution in [0, 0.1) is 0 Å². The molecule has 0 atom stereocenters. The number of ether oxygens (including phenoxy) is 1. The van der Waals surface area contributed by atoms with Gasteiger partial charge in [-0.25, -0.2) is 8.78 Å². The molecule has 19 heavy (non-hydrogen) atoms. The van der Waals surface area contributed by atoms with E-state index in [0.29, 0.717) is 0 Å². The second-order valence-electron chi connectivity index (χ2n) is 3.54. The van der Waals surface area contributed by atoms with Crippen molar-refractivity contribution in [1.82, 2.24) is 0 Å². The van der Waals surface area contributed by atoms with Gasteiger partial charge in [0.2, 0.25) is 0 Å². The molecule has 0 radical (unpaired) electrons. The van der Waals surface area contributed by atoms with Crippen LogP contribution in [-0.2, 0) is 4.79 Å². The number of hydrogen-bond donors (Lipinski definition) is 2. The van der Waals surface area contributed by atoms with E-state index in [1.165, 1.54) is 24.3 Å². The average Bonchev–Trinajstić information content (AvgIpc) is 2.36. The summed E-state index contributed by atoms with van der Waals surface area (Å²) >= 11 is 0. The molecule has 0 saturated carbocycles. The highest BCUT2D eigenvalue weighted by molar-refractivity contribution is 5.96. The van der Waals surface area contributed by atoms with Crippen LogP contribution in [-0.4, -0.2) is 31.4 Å². The van der Waals surface area contributed by atoms with Gasteiger partial charge in [-0.05, 0) is 12.1 Å². The smallest absolute Gasteiger partial charge is 0.383 e. The first-order chi connectivity index (χ1) is 8.87. The van der Waals surface area contributed by atoms with E-state index in [0.717, 1.165) is 0 Å². The lowest BCUT2D eigenvalue weighted by Gasteiger charge is -2.15. The molecule has 1 aromatic rings. The van der Waals surface area contributed by atoms with E-state index in [1.54, 1.807) is 5.32 Å². The average molecular weight is 280 g/mol. The third-order valence-corrected chi connectivity index (χ3v) is 2.06. The van der Waals surface area contributed by atoms with E-state index < -0.39 is 18.3 Å². The van der Waals surface area contributed by atoms with Crippen LogP contribution in [0.25, 0.3) is 0 Å². The molecule has 0 fully saturated rings. The standard InChI is InChI=1S/C11H12F4N2O2/c12-9(13)11(14,15)10(18)17-7-2-1-3-8(6-7)19-5-4-16/h1-3,6,9H,4-5,16H2,(H,17,18). The van der Waals surface area contributed by atoms with E-state index in [1.807, 2.05) is 0 Å². The number of benzene rings is 1. The van der Waals surface area contributed by atoms with Gasteiger partial charge < -0.3 is 15.8 Å². The van der Waals surface area contributed by atoms with Gasteiger partial charge in [0.05, 0.1) is 0 Å². The summed E-state index contributed by atoms with van der Waals surface area (Å²) in [6.45, 7) is 0.449. The molecule has 1 amide bonds. The van der Waals surface area contributed by atoms with Crippen molar-refractivity contribution in [3.05, 3.63) is 24.3 Å². The Hall–Kier alpha value is -1.83. The summed E-state index contributed by atoms with van der Waals surface area (Å²) in [5, 5.41) is 1.70. The molecule has 0 aromatic heterocycles. The first-order valence-electron chi connectivity index (χ1n) is 5.28. The predicted molar refractivity (Wildman–Crippen MR) is 60.6 cm³/mol. The van der Waals surface area contributed by atoms with Crippen LogP contribution in [0.4, 0.5) is 23.2 Å². The highest BCUT2D eigenvalue weighted by Gasteiger charge is 2.48. The first-order valence-corrected chi connectivity index (χ1v) is 5.28. The van der Waals surface area contributed by atoms with E-state index in [2.05, 4.69) is 0 Å². The number of carbonyl (C=O) groups excluding carboxylic acids is 1. The summed E-state index contributed by atoms with van der Waals surface area (Å²) in [4.78, 5) is 11.0. The Balaban J connectivity index is 2.74. The van der Waals surface area contributed by atoms with E-state index in [9.17, 15) is 22.4 Å². The summed E-state index contributed by atoms with van der Waals surface area (Å²) < 4.78 is 54.5. The normalized spacial score (nSPS) is 11.5. The van der Waals surface area contributed by atoms with Crippen LogP contribution in [0.5, 0.6) is 5.75 Å². The summed E-state index contributed by atoms with van der Waals surface area (Å²) in [5.41, 5.74) is 5.14. The molecule has 0 heterocycles. The van der Waals surface area contributed by atoms with Gasteiger partial charge in [-0.1, -0.05) is 6.07 Å². The van der Waals surface area contributed by atoms with E-state index >= 15 is 0 Å². The Bertz CT molecular complexity index is 440. The SMILES string of the molecule is NCCOc1cccc(NC(=O)C(F)(F)C(F)F)c1. The molecule has 0 unspecified atom stereocenters. The number of nitrogens with one attached hydrogen (secondary N) is 1. The van der Waals surface area contributed by atoms with Gasteiger partial charge in [0, 0.05) is 18.3 Å². The summed E-state index contributed by atoms with van der Waals surface area (Å²) in [5.74, 6) is -6.53. The minimum atomic E-state index is -4.74.